The molecule has 1 aliphatic rings. The SMILES string of the molecule is COCC[C@@H](NC(=O)[C@H]1CSc2ccccc21)C(=O)O. The third kappa shape index (κ3) is 3.32. The number of benzene rings is 1. The normalized spacial score (nSPS) is 18.4. The fraction of sp³-hybridized carbons (Fsp3) is 0.429. The van der Waals surface area contributed by atoms with Crippen LogP contribution in [0.1, 0.15) is 17.9 Å². The first-order chi connectivity index (χ1) is 9.63. The van der Waals surface area contributed by atoms with Crippen molar-refractivity contribution in [3.05, 3.63) is 29.8 Å². The zero-order chi connectivity index (χ0) is 14.5. The van der Waals surface area contributed by atoms with Gasteiger partial charge in [0.05, 0.1) is 5.92 Å². The van der Waals surface area contributed by atoms with Gasteiger partial charge < -0.3 is 15.2 Å². The molecule has 5 nitrogen and oxygen atoms in total. The summed E-state index contributed by atoms with van der Waals surface area (Å²) in [7, 11) is 1.50. The number of amides is 1. The molecule has 2 N–H and O–H groups in total. The van der Waals surface area contributed by atoms with E-state index in [0.717, 1.165) is 10.5 Å². The zero-order valence-electron chi connectivity index (χ0n) is 11.2. The third-order valence-electron chi connectivity index (χ3n) is 3.24. The lowest BCUT2D eigenvalue weighted by atomic mass is 10.00. The Hall–Kier alpha value is -1.53. The van der Waals surface area contributed by atoms with Crippen molar-refractivity contribution in [2.75, 3.05) is 19.5 Å². The predicted octanol–water partition coefficient (Wildman–Crippen LogP) is 1.48. The van der Waals surface area contributed by atoms with Crippen molar-refractivity contribution in [1.82, 2.24) is 5.32 Å². The largest absolute Gasteiger partial charge is 0.480 e. The Morgan fingerprint density at radius 1 is 1.50 bits per heavy atom. The highest BCUT2D eigenvalue weighted by atomic mass is 32.2. The number of carbonyl (C=O) groups excluding carboxylic acids is 1. The van der Waals surface area contributed by atoms with Gasteiger partial charge in [0.15, 0.2) is 0 Å². The van der Waals surface area contributed by atoms with Crippen LogP contribution in [0, 0.1) is 0 Å². The summed E-state index contributed by atoms with van der Waals surface area (Å²) < 4.78 is 4.87. The molecule has 1 amide bonds. The smallest absolute Gasteiger partial charge is 0.326 e. The second-order valence-corrected chi connectivity index (χ2v) is 5.64. The Bertz CT molecular complexity index is 506. The van der Waals surface area contributed by atoms with Crippen LogP contribution in [0.3, 0.4) is 0 Å². The quantitative estimate of drug-likeness (QED) is 0.831. The van der Waals surface area contributed by atoms with Crippen LogP contribution in [0.25, 0.3) is 0 Å². The number of nitrogens with one attached hydrogen (secondary N) is 1. The molecule has 1 heterocycles. The molecular weight excluding hydrogens is 278 g/mol. The second kappa shape index (κ2) is 6.76. The number of hydrogen-bond acceptors (Lipinski definition) is 4. The topological polar surface area (TPSA) is 75.6 Å². The first-order valence-corrected chi connectivity index (χ1v) is 7.36. The molecule has 2 atom stereocenters. The number of rotatable bonds is 6. The number of methoxy groups -OCH3 is 1. The summed E-state index contributed by atoms with van der Waals surface area (Å²) >= 11 is 1.62. The van der Waals surface area contributed by atoms with E-state index in [4.69, 9.17) is 9.84 Å². The van der Waals surface area contributed by atoms with E-state index < -0.39 is 12.0 Å². The van der Waals surface area contributed by atoms with Crippen molar-refractivity contribution in [3.8, 4) is 0 Å². The Balaban J connectivity index is 2.03. The van der Waals surface area contributed by atoms with Gasteiger partial charge in [0.2, 0.25) is 5.91 Å². The maximum absolute atomic E-state index is 12.3. The van der Waals surface area contributed by atoms with Crippen molar-refractivity contribution < 1.29 is 19.4 Å². The summed E-state index contributed by atoms with van der Waals surface area (Å²) in [5, 5.41) is 11.7. The molecule has 0 saturated heterocycles. The molecule has 0 unspecified atom stereocenters. The van der Waals surface area contributed by atoms with E-state index in [0.29, 0.717) is 12.4 Å². The van der Waals surface area contributed by atoms with Gasteiger partial charge in [0, 0.05) is 30.8 Å². The Morgan fingerprint density at radius 2 is 2.25 bits per heavy atom. The molecule has 1 aromatic carbocycles. The van der Waals surface area contributed by atoms with Gasteiger partial charge in [-0.2, -0.15) is 0 Å². The number of aliphatic carboxylic acids is 1. The molecule has 0 spiro atoms. The van der Waals surface area contributed by atoms with Gasteiger partial charge in [-0.05, 0) is 11.6 Å². The van der Waals surface area contributed by atoms with Crippen LogP contribution < -0.4 is 5.32 Å². The molecule has 6 heteroatoms. The molecular formula is C14H17NO4S. The van der Waals surface area contributed by atoms with Crippen LogP contribution in [0.4, 0.5) is 0 Å². The van der Waals surface area contributed by atoms with E-state index in [2.05, 4.69) is 5.32 Å². The highest BCUT2D eigenvalue weighted by Gasteiger charge is 2.31. The monoisotopic (exact) mass is 295 g/mol. The average Bonchev–Trinajstić information content (AvgIpc) is 2.87. The van der Waals surface area contributed by atoms with Crippen molar-refractivity contribution in [2.45, 2.75) is 23.3 Å². The lowest BCUT2D eigenvalue weighted by molar-refractivity contribution is -0.142. The summed E-state index contributed by atoms with van der Waals surface area (Å²) in [4.78, 5) is 24.5. The van der Waals surface area contributed by atoms with E-state index >= 15 is 0 Å². The summed E-state index contributed by atoms with van der Waals surface area (Å²) in [5.74, 6) is -0.886. The Kier molecular flexibility index (Phi) is 5.03. The van der Waals surface area contributed by atoms with Crippen molar-refractivity contribution >= 4 is 23.6 Å². The Labute approximate surface area is 121 Å². The summed E-state index contributed by atoms with van der Waals surface area (Å²) in [5.41, 5.74) is 0.978. The van der Waals surface area contributed by atoms with E-state index in [1.54, 1.807) is 11.8 Å². The van der Waals surface area contributed by atoms with Crippen molar-refractivity contribution in [2.24, 2.45) is 0 Å². The maximum Gasteiger partial charge on any atom is 0.326 e. The molecule has 0 bridgehead atoms. The Morgan fingerprint density at radius 3 is 2.95 bits per heavy atom. The summed E-state index contributed by atoms with van der Waals surface area (Å²) in [6.45, 7) is 0.299. The van der Waals surface area contributed by atoms with Crippen molar-refractivity contribution in [3.63, 3.8) is 0 Å². The molecule has 0 aliphatic carbocycles. The third-order valence-corrected chi connectivity index (χ3v) is 4.42. The second-order valence-electron chi connectivity index (χ2n) is 4.58. The van der Waals surface area contributed by atoms with Gasteiger partial charge in [0.25, 0.3) is 0 Å². The average molecular weight is 295 g/mol. The minimum atomic E-state index is -1.03. The van der Waals surface area contributed by atoms with Crippen LogP contribution in [0.15, 0.2) is 29.2 Å². The van der Waals surface area contributed by atoms with E-state index in [1.165, 1.54) is 7.11 Å². The standard InChI is InChI=1S/C14H17NO4S/c1-19-7-6-11(14(17)18)15-13(16)10-8-20-12-5-3-2-4-9(10)12/h2-5,10-11H,6-8H2,1H3,(H,15,16)(H,17,18)/t10-,11+/m0/s1. The van der Waals surface area contributed by atoms with E-state index in [1.807, 2.05) is 24.3 Å². The van der Waals surface area contributed by atoms with Gasteiger partial charge in [-0.1, -0.05) is 18.2 Å². The van der Waals surface area contributed by atoms with Gasteiger partial charge in [-0.25, -0.2) is 4.79 Å². The maximum atomic E-state index is 12.3. The minimum absolute atomic E-state index is 0.231. The number of hydrogen-bond donors (Lipinski definition) is 2. The number of ether oxygens (including phenoxy) is 1. The first kappa shape index (κ1) is 14.9. The van der Waals surface area contributed by atoms with Crippen LogP contribution in [0.2, 0.25) is 0 Å². The van der Waals surface area contributed by atoms with Crippen LogP contribution in [0.5, 0.6) is 0 Å². The number of thioether (sulfide) groups is 1. The molecule has 2 rings (SSSR count). The van der Waals surface area contributed by atoms with Crippen LogP contribution >= 0.6 is 11.8 Å². The van der Waals surface area contributed by atoms with E-state index in [9.17, 15) is 9.59 Å². The van der Waals surface area contributed by atoms with Gasteiger partial charge in [-0.3, -0.25) is 4.79 Å². The molecule has 0 radical (unpaired) electrons. The number of fused-ring (bicyclic) bond motifs is 1. The van der Waals surface area contributed by atoms with E-state index in [-0.39, 0.29) is 18.2 Å². The zero-order valence-corrected chi connectivity index (χ0v) is 12.0. The number of carbonyl (C=O) groups is 2. The lowest BCUT2D eigenvalue weighted by Crippen LogP contribution is -2.43. The fourth-order valence-electron chi connectivity index (χ4n) is 2.15. The molecule has 108 valence electrons. The van der Waals surface area contributed by atoms with Crippen molar-refractivity contribution in [1.29, 1.82) is 0 Å². The minimum Gasteiger partial charge on any atom is -0.480 e. The lowest BCUT2D eigenvalue weighted by Gasteiger charge is -2.17. The highest BCUT2D eigenvalue weighted by Crippen LogP contribution is 2.39. The van der Waals surface area contributed by atoms with Gasteiger partial charge >= 0.3 is 5.97 Å². The van der Waals surface area contributed by atoms with Gasteiger partial charge in [0.1, 0.15) is 6.04 Å². The molecule has 20 heavy (non-hydrogen) atoms. The number of carboxylic acids is 1. The number of carboxylic acid groups (broad SMARTS) is 1. The first-order valence-electron chi connectivity index (χ1n) is 6.37. The molecule has 1 aromatic rings. The molecule has 0 saturated carbocycles. The van der Waals surface area contributed by atoms with Crippen LogP contribution in [-0.4, -0.2) is 42.5 Å². The highest BCUT2D eigenvalue weighted by molar-refractivity contribution is 7.99. The summed E-state index contributed by atoms with van der Waals surface area (Å²) in [6, 6.07) is 6.83. The summed E-state index contributed by atoms with van der Waals surface area (Å²) in [6.07, 6.45) is 0.263. The fourth-order valence-corrected chi connectivity index (χ4v) is 3.37. The molecule has 0 aromatic heterocycles. The van der Waals surface area contributed by atoms with Gasteiger partial charge in [-0.15, -0.1) is 11.8 Å². The predicted molar refractivity (Wildman–Crippen MR) is 76.0 cm³/mol. The van der Waals surface area contributed by atoms with Crippen LogP contribution in [-0.2, 0) is 14.3 Å². The molecule has 1 aliphatic heterocycles. The molecule has 0 fully saturated rings.